The predicted octanol–water partition coefficient (Wildman–Crippen LogP) is 2.49. The molecule has 1 aromatic rings. The number of aliphatic hydroxyl groups is 1. The number of hydrogen-bond donors (Lipinski definition) is 1. The predicted molar refractivity (Wildman–Crippen MR) is 54.6 cm³/mol. The third-order valence-corrected chi connectivity index (χ3v) is 2.60. The van der Waals surface area contributed by atoms with E-state index in [4.69, 9.17) is 0 Å². The van der Waals surface area contributed by atoms with Crippen molar-refractivity contribution < 1.29 is 5.11 Å². The second-order valence-electron chi connectivity index (χ2n) is 3.76. The van der Waals surface area contributed by atoms with Gasteiger partial charge in [0, 0.05) is 5.92 Å². The third kappa shape index (κ3) is 1.40. The molecule has 1 nitrogen and oxygen atoms in total. The van der Waals surface area contributed by atoms with Crippen LogP contribution in [0.3, 0.4) is 0 Å². The molecule has 1 aliphatic rings. The molecule has 2 unspecified atom stereocenters. The van der Waals surface area contributed by atoms with Crippen LogP contribution in [-0.4, -0.2) is 11.2 Å². The Morgan fingerprint density at radius 3 is 2.85 bits per heavy atom. The van der Waals surface area contributed by atoms with Crippen molar-refractivity contribution in [1.82, 2.24) is 0 Å². The quantitative estimate of drug-likeness (QED) is 0.693. The van der Waals surface area contributed by atoms with Crippen LogP contribution in [0.25, 0.3) is 6.08 Å². The molecule has 0 fully saturated rings. The van der Waals surface area contributed by atoms with E-state index in [0.29, 0.717) is 0 Å². The van der Waals surface area contributed by atoms with Gasteiger partial charge in [-0.05, 0) is 25.0 Å². The molecule has 2 atom stereocenters. The maximum absolute atomic E-state index is 9.52. The van der Waals surface area contributed by atoms with E-state index in [1.807, 2.05) is 6.92 Å². The minimum absolute atomic E-state index is 0.190. The van der Waals surface area contributed by atoms with Gasteiger partial charge in [0.25, 0.3) is 0 Å². The maximum Gasteiger partial charge on any atom is 0.0615 e. The molecule has 0 spiro atoms. The van der Waals surface area contributed by atoms with Crippen LogP contribution in [0.15, 0.2) is 24.3 Å². The lowest BCUT2D eigenvalue weighted by molar-refractivity contribution is 0.180. The van der Waals surface area contributed by atoms with Crippen LogP contribution >= 0.6 is 0 Å². The van der Waals surface area contributed by atoms with E-state index in [0.717, 1.165) is 0 Å². The second kappa shape index (κ2) is 3.00. The molecule has 13 heavy (non-hydrogen) atoms. The van der Waals surface area contributed by atoms with Gasteiger partial charge in [0.15, 0.2) is 0 Å². The molecule has 1 N–H and O–H groups in total. The molecule has 1 aromatic carbocycles. The van der Waals surface area contributed by atoms with Crippen molar-refractivity contribution in [3.05, 3.63) is 41.0 Å². The Bertz CT molecular complexity index is 350. The number of fused-ring (bicyclic) bond motifs is 1. The maximum atomic E-state index is 9.52. The van der Waals surface area contributed by atoms with Crippen molar-refractivity contribution in [3.63, 3.8) is 0 Å². The Morgan fingerprint density at radius 2 is 2.15 bits per heavy atom. The van der Waals surface area contributed by atoms with Gasteiger partial charge in [-0.2, -0.15) is 0 Å². The lowest BCUT2D eigenvalue weighted by Gasteiger charge is -2.13. The summed E-state index contributed by atoms with van der Waals surface area (Å²) in [4.78, 5) is 0. The van der Waals surface area contributed by atoms with Gasteiger partial charge in [-0.1, -0.05) is 35.9 Å². The molecule has 2 rings (SSSR count). The highest BCUT2D eigenvalue weighted by molar-refractivity contribution is 5.63. The van der Waals surface area contributed by atoms with E-state index in [1.54, 1.807) is 0 Å². The van der Waals surface area contributed by atoms with E-state index >= 15 is 0 Å². The van der Waals surface area contributed by atoms with Gasteiger partial charge in [0.05, 0.1) is 6.10 Å². The van der Waals surface area contributed by atoms with Crippen LogP contribution in [0.2, 0.25) is 0 Å². The Balaban J connectivity index is 2.44. The fourth-order valence-electron chi connectivity index (χ4n) is 1.87. The van der Waals surface area contributed by atoms with E-state index in [9.17, 15) is 5.11 Å². The Hall–Kier alpha value is -1.08. The zero-order valence-electron chi connectivity index (χ0n) is 7.99. The van der Waals surface area contributed by atoms with Crippen LogP contribution in [0.4, 0.5) is 0 Å². The molecule has 68 valence electrons. The Morgan fingerprint density at radius 1 is 1.38 bits per heavy atom. The van der Waals surface area contributed by atoms with Gasteiger partial charge in [0.1, 0.15) is 0 Å². The summed E-state index contributed by atoms with van der Waals surface area (Å²) in [7, 11) is 0. The van der Waals surface area contributed by atoms with Gasteiger partial charge >= 0.3 is 0 Å². The van der Waals surface area contributed by atoms with Crippen molar-refractivity contribution >= 4 is 6.08 Å². The van der Waals surface area contributed by atoms with E-state index in [-0.39, 0.29) is 12.0 Å². The average molecular weight is 174 g/mol. The summed E-state index contributed by atoms with van der Waals surface area (Å²) in [6.45, 7) is 3.92. The summed E-state index contributed by atoms with van der Waals surface area (Å²) in [6.07, 6.45) is 3.88. The molecule has 1 aliphatic carbocycles. The molecule has 0 saturated carbocycles. The summed E-state index contributed by atoms with van der Waals surface area (Å²) >= 11 is 0. The number of rotatable bonds is 1. The lowest BCUT2D eigenvalue weighted by atomic mass is 9.95. The fourth-order valence-corrected chi connectivity index (χ4v) is 1.87. The standard InChI is InChI=1S/C12H14O/c1-8-3-5-12-10(7-8)4-6-11(12)9(2)13/h3-7,9,11,13H,1-2H3. The van der Waals surface area contributed by atoms with Gasteiger partial charge in [0.2, 0.25) is 0 Å². The first-order valence-corrected chi connectivity index (χ1v) is 4.65. The van der Waals surface area contributed by atoms with Crippen LogP contribution in [0, 0.1) is 6.92 Å². The molecule has 0 radical (unpaired) electrons. The summed E-state index contributed by atoms with van der Waals surface area (Å²) in [6, 6.07) is 6.37. The van der Waals surface area contributed by atoms with Crippen LogP contribution < -0.4 is 0 Å². The normalized spacial score (nSPS) is 21.6. The number of benzene rings is 1. The summed E-state index contributed by atoms with van der Waals surface area (Å²) in [5, 5.41) is 9.52. The molecule has 0 aliphatic heterocycles. The fraction of sp³-hybridized carbons (Fsp3) is 0.333. The van der Waals surface area contributed by atoms with Crippen molar-refractivity contribution in [2.75, 3.05) is 0 Å². The molecule has 0 bridgehead atoms. The summed E-state index contributed by atoms with van der Waals surface area (Å²) < 4.78 is 0. The lowest BCUT2D eigenvalue weighted by Crippen LogP contribution is -2.10. The smallest absolute Gasteiger partial charge is 0.0615 e. The zero-order chi connectivity index (χ0) is 9.42. The van der Waals surface area contributed by atoms with Crippen LogP contribution in [0.1, 0.15) is 29.5 Å². The van der Waals surface area contributed by atoms with Crippen LogP contribution in [0.5, 0.6) is 0 Å². The highest BCUT2D eigenvalue weighted by Crippen LogP contribution is 2.32. The highest BCUT2D eigenvalue weighted by atomic mass is 16.3. The number of hydrogen-bond acceptors (Lipinski definition) is 1. The first-order valence-electron chi connectivity index (χ1n) is 4.65. The van der Waals surface area contributed by atoms with Crippen molar-refractivity contribution in [1.29, 1.82) is 0 Å². The first-order chi connectivity index (χ1) is 6.18. The zero-order valence-corrected chi connectivity index (χ0v) is 7.99. The largest absolute Gasteiger partial charge is 0.392 e. The Kier molecular flexibility index (Phi) is 1.97. The van der Waals surface area contributed by atoms with Crippen molar-refractivity contribution in [3.8, 4) is 0 Å². The third-order valence-electron chi connectivity index (χ3n) is 2.60. The Labute approximate surface area is 78.7 Å². The monoisotopic (exact) mass is 174 g/mol. The van der Waals surface area contributed by atoms with Gasteiger partial charge in [-0.25, -0.2) is 0 Å². The average Bonchev–Trinajstić information content (AvgIpc) is 2.46. The first kappa shape index (κ1) is 8.52. The van der Waals surface area contributed by atoms with Crippen LogP contribution in [-0.2, 0) is 0 Å². The van der Waals surface area contributed by atoms with E-state index in [1.165, 1.54) is 16.7 Å². The van der Waals surface area contributed by atoms with Crippen molar-refractivity contribution in [2.45, 2.75) is 25.9 Å². The number of aryl methyl sites for hydroxylation is 1. The van der Waals surface area contributed by atoms with Gasteiger partial charge < -0.3 is 5.11 Å². The summed E-state index contributed by atoms with van der Waals surface area (Å²) in [5.41, 5.74) is 3.78. The second-order valence-corrected chi connectivity index (χ2v) is 3.76. The molecular weight excluding hydrogens is 160 g/mol. The minimum atomic E-state index is -0.291. The molecule has 1 heteroatoms. The highest BCUT2D eigenvalue weighted by Gasteiger charge is 2.20. The molecule has 0 heterocycles. The SMILES string of the molecule is Cc1ccc2c(c1)C=CC2C(C)O. The number of aliphatic hydroxyl groups excluding tert-OH is 1. The van der Waals surface area contributed by atoms with Gasteiger partial charge in [-0.3, -0.25) is 0 Å². The molecular formula is C12H14O. The minimum Gasteiger partial charge on any atom is -0.392 e. The van der Waals surface area contributed by atoms with Gasteiger partial charge in [-0.15, -0.1) is 0 Å². The molecule has 0 amide bonds. The van der Waals surface area contributed by atoms with E-state index in [2.05, 4.69) is 37.3 Å². The van der Waals surface area contributed by atoms with E-state index < -0.39 is 0 Å². The topological polar surface area (TPSA) is 20.2 Å². The molecule has 0 aromatic heterocycles. The molecule has 0 saturated heterocycles. The summed E-state index contributed by atoms with van der Waals surface area (Å²) in [5.74, 6) is 0.190. The van der Waals surface area contributed by atoms with Crippen molar-refractivity contribution in [2.24, 2.45) is 0 Å².